The Morgan fingerprint density at radius 1 is 1.07 bits per heavy atom. The molecule has 1 unspecified atom stereocenters. The maximum Gasteiger partial charge on any atom is 0.255 e. The van der Waals surface area contributed by atoms with Crippen molar-refractivity contribution < 1.29 is 22.7 Å². The smallest absolute Gasteiger partial charge is 0.255 e. The lowest BCUT2D eigenvalue weighted by Crippen LogP contribution is -2.32. The number of nitrogens with one attached hydrogen (secondary N) is 2. The Hall–Kier alpha value is -2.58. The molecule has 0 saturated carbocycles. The number of hydrogen-bond acceptors (Lipinski definition) is 5. The van der Waals surface area contributed by atoms with Crippen LogP contribution in [0.3, 0.4) is 0 Å². The highest BCUT2D eigenvalue weighted by Gasteiger charge is 2.17. The van der Waals surface area contributed by atoms with Gasteiger partial charge in [-0.25, -0.2) is 13.1 Å². The maximum atomic E-state index is 12.5. The summed E-state index contributed by atoms with van der Waals surface area (Å²) in [6, 6.07) is 10.7. The number of carbonyl (C=O) groups excluding carboxylic acids is 1. The van der Waals surface area contributed by atoms with Crippen LogP contribution in [0.5, 0.6) is 11.5 Å². The van der Waals surface area contributed by atoms with E-state index < -0.39 is 10.0 Å². The molecular formula is C20H26N2O5S. The molecule has 0 fully saturated rings. The van der Waals surface area contributed by atoms with Crippen LogP contribution in [-0.2, 0) is 10.0 Å². The molecule has 2 aromatic carbocycles. The average Bonchev–Trinajstić information content (AvgIpc) is 2.68. The van der Waals surface area contributed by atoms with Crippen LogP contribution >= 0.6 is 0 Å². The average molecular weight is 407 g/mol. The van der Waals surface area contributed by atoms with Crippen LogP contribution in [-0.4, -0.2) is 34.1 Å². The van der Waals surface area contributed by atoms with E-state index in [0.717, 1.165) is 0 Å². The van der Waals surface area contributed by atoms with E-state index in [4.69, 9.17) is 9.47 Å². The van der Waals surface area contributed by atoms with Gasteiger partial charge >= 0.3 is 0 Å². The monoisotopic (exact) mass is 406 g/mol. The predicted octanol–water partition coefficient (Wildman–Crippen LogP) is 3.42. The molecule has 8 heteroatoms. The van der Waals surface area contributed by atoms with Crippen molar-refractivity contribution >= 4 is 21.6 Å². The first-order valence-electron chi connectivity index (χ1n) is 9.05. The summed E-state index contributed by atoms with van der Waals surface area (Å²) in [4.78, 5) is 12.6. The molecule has 2 rings (SSSR count). The normalized spacial score (nSPS) is 12.3. The van der Waals surface area contributed by atoms with Crippen molar-refractivity contribution in [1.82, 2.24) is 4.72 Å². The summed E-state index contributed by atoms with van der Waals surface area (Å²) in [6.07, 6.45) is 0.686. The number of amides is 1. The lowest BCUT2D eigenvalue weighted by atomic mass is 10.2. The minimum Gasteiger partial charge on any atom is -0.493 e. The molecule has 0 spiro atoms. The predicted molar refractivity (Wildman–Crippen MR) is 109 cm³/mol. The molecule has 0 saturated heterocycles. The Bertz CT molecular complexity index is 911. The minimum absolute atomic E-state index is 0.118. The number of ether oxygens (including phenoxy) is 2. The van der Waals surface area contributed by atoms with Gasteiger partial charge in [-0.05, 0) is 56.7 Å². The largest absolute Gasteiger partial charge is 0.493 e. The van der Waals surface area contributed by atoms with E-state index in [0.29, 0.717) is 35.8 Å². The summed E-state index contributed by atoms with van der Waals surface area (Å²) in [5, 5.41) is 2.76. The molecule has 0 radical (unpaired) electrons. The summed E-state index contributed by atoms with van der Waals surface area (Å²) < 4.78 is 37.9. The van der Waals surface area contributed by atoms with Crippen molar-refractivity contribution in [3.05, 3.63) is 48.0 Å². The fraction of sp³-hybridized carbons (Fsp3) is 0.350. The van der Waals surface area contributed by atoms with Gasteiger partial charge in [-0.15, -0.1) is 0 Å². The lowest BCUT2D eigenvalue weighted by Gasteiger charge is -2.13. The van der Waals surface area contributed by atoms with Gasteiger partial charge in [0.2, 0.25) is 10.0 Å². The van der Waals surface area contributed by atoms with Crippen LogP contribution in [0.1, 0.15) is 37.6 Å². The van der Waals surface area contributed by atoms with Crippen LogP contribution < -0.4 is 19.5 Å². The van der Waals surface area contributed by atoms with Crippen molar-refractivity contribution in [2.45, 2.75) is 38.1 Å². The van der Waals surface area contributed by atoms with E-state index in [1.54, 1.807) is 25.1 Å². The summed E-state index contributed by atoms with van der Waals surface area (Å²) in [7, 11) is -2.08. The van der Waals surface area contributed by atoms with Gasteiger partial charge in [0.1, 0.15) is 0 Å². The second-order valence-corrected chi connectivity index (χ2v) is 7.92. The van der Waals surface area contributed by atoms with Crippen molar-refractivity contribution in [3.8, 4) is 11.5 Å². The van der Waals surface area contributed by atoms with Crippen molar-refractivity contribution in [3.63, 3.8) is 0 Å². The Balaban J connectivity index is 2.13. The maximum absolute atomic E-state index is 12.5. The molecule has 1 amide bonds. The molecule has 0 aromatic heterocycles. The number of hydrogen-bond donors (Lipinski definition) is 2. The highest BCUT2D eigenvalue weighted by atomic mass is 32.2. The molecule has 0 aliphatic carbocycles. The zero-order chi connectivity index (χ0) is 20.7. The van der Waals surface area contributed by atoms with E-state index >= 15 is 0 Å². The Kier molecular flexibility index (Phi) is 7.42. The molecule has 0 heterocycles. The number of rotatable bonds is 9. The third-order valence-electron chi connectivity index (χ3n) is 4.12. The Labute approximate surface area is 166 Å². The standard InChI is InChI=1S/C20H26N2O5S/c1-5-14(3)22-28(24,25)17-10-7-15(8-11-17)20(23)21-16-9-12-18(27-6-2)19(13-16)26-4/h7-14,22H,5-6H2,1-4H3,(H,21,23). The molecule has 0 bridgehead atoms. The SMILES string of the molecule is CCOc1ccc(NC(=O)c2ccc(S(=O)(=O)NC(C)CC)cc2)cc1OC. The molecular weight excluding hydrogens is 380 g/mol. The third kappa shape index (κ3) is 5.46. The summed E-state index contributed by atoms with van der Waals surface area (Å²) in [5.41, 5.74) is 0.885. The first-order chi connectivity index (χ1) is 13.3. The molecule has 0 aliphatic heterocycles. The summed E-state index contributed by atoms with van der Waals surface area (Å²) >= 11 is 0. The van der Waals surface area contributed by atoms with E-state index in [1.807, 2.05) is 13.8 Å². The topological polar surface area (TPSA) is 93.7 Å². The molecule has 28 heavy (non-hydrogen) atoms. The highest BCUT2D eigenvalue weighted by molar-refractivity contribution is 7.89. The van der Waals surface area contributed by atoms with Gasteiger partial charge in [0.25, 0.3) is 5.91 Å². The van der Waals surface area contributed by atoms with Crippen molar-refractivity contribution in [2.24, 2.45) is 0 Å². The number of carbonyl (C=O) groups is 1. The van der Waals surface area contributed by atoms with Crippen molar-refractivity contribution in [1.29, 1.82) is 0 Å². The fourth-order valence-corrected chi connectivity index (χ4v) is 3.75. The fourth-order valence-electron chi connectivity index (χ4n) is 2.43. The molecule has 1 atom stereocenters. The zero-order valence-corrected chi connectivity index (χ0v) is 17.3. The van der Waals surface area contributed by atoms with Gasteiger partial charge in [-0.3, -0.25) is 4.79 Å². The molecule has 152 valence electrons. The van der Waals surface area contributed by atoms with Crippen molar-refractivity contribution in [2.75, 3.05) is 19.0 Å². The van der Waals surface area contributed by atoms with Crippen LogP contribution in [0.4, 0.5) is 5.69 Å². The molecule has 2 N–H and O–H groups in total. The molecule has 2 aromatic rings. The number of benzene rings is 2. The minimum atomic E-state index is -3.60. The van der Waals surface area contributed by atoms with Gasteiger partial charge < -0.3 is 14.8 Å². The highest BCUT2D eigenvalue weighted by Crippen LogP contribution is 2.30. The third-order valence-corrected chi connectivity index (χ3v) is 5.72. The molecule has 7 nitrogen and oxygen atoms in total. The van der Waals surface area contributed by atoms with Gasteiger partial charge in [-0.1, -0.05) is 6.92 Å². The summed E-state index contributed by atoms with van der Waals surface area (Å²) in [5.74, 6) is 0.744. The van der Waals surface area contributed by atoms with Crippen LogP contribution in [0.15, 0.2) is 47.4 Å². The second kappa shape index (κ2) is 9.57. The van der Waals surface area contributed by atoms with Gasteiger partial charge in [0.15, 0.2) is 11.5 Å². The molecule has 0 aliphatic rings. The first-order valence-corrected chi connectivity index (χ1v) is 10.5. The number of sulfonamides is 1. The van der Waals surface area contributed by atoms with Gasteiger partial charge in [0.05, 0.1) is 18.6 Å². The zero-order valence-electron chi connectivity index (χ0n) is 16.5. The van der Waals surface area contributed by atoms with Gasteiger partial charge in [0, 0.05) is 23.4 Å². The number of methoxy groups -OCH3 is 1. The second-order valence-electron chi connectivity index (χ2n) is 6.21. The number of anilines is 1. The van der Waals surface area contributed by atoms with E-state index in [2.05, 4.69) is 10.0 Å². The van der Waals surface area contributed by atoms with E-state index in [1.165, 1.54) is 31.4 Å². The summed E-state index contributed by atoms with van der Waals surface area (Å²) in [6.45, 7) is 6.07. The van der Waals surface area contributed by atoms with E-state index in [-0.39, 0.29) is 16.8 Å². The van der Waals surface area contributed by atoms with Crippen LogP contribution in [0, 0.1) is 0 Å². The lowest BCUT2D eigenvalue weighted by molar-refractivity contribution is 0.102. The Morgan fingerprint density at radius 3 is 2.32 bits per heavy atom. The van der Waals surface area contributed by atoms with Crippen LogP contribution in [0.25, 0.3) is 0 Å². The Morgan fingerprint density at radius 2 is 1.75 bits per heavy atom. The van der Waals surface area contributed by atoms with Gasteiger partial charge in [-0.2, -0.15) is 0 Å². The van der Waals surface area contributed by atoms with Crippen LogP contribution in [0.2, 0.25) is 0 Å². The van der Waals surface area contributed by atoms with E-state index in [9.17, 15) is 13.2 Å². The first kappa shape index (κ1) is 21.7. The quantitative estimate of drug-likeness (QED) is 0.665.